The predicted octanol–water partition coefficient (Wildman–Crippen LogP) is -0.0644. The summed E-state index contributed by atoms with van der Waals surface area (Å²) in [6.07, 6.45) is 2.96. The van der Waals surface area contributed by atoms with Crippen molar-refractivity contribution in [1.29, 1.82) is 0 Å². The van der Waals surface area contributed by atoms with E-state index in [2.05, 4.69) is 6.92 Å². The molecule has 2 saturated heterocycles. The van der Waals surface area contributed by atoms with Crippen molar-refractivity contribution >= 4 is 18.2 Å². The molecule has 0 saturated carbocycles. The van der Waals surface area contributed by atoms with Gasteiger partial charge in [-0.25, -0.2) is 0 Å². The summed E-state index contributed by atoms with van der Waals surface area (Å²) in [4.78, 5) is 40.0. The molecule has 0 aromatic carbocycles. The number of piperazine rings is 1. The Morgan fingerprint density at radius 3 is 2.30 bits per heavy atom. The molecular weight excluding hydrogens is 258 g/mol. The summed E-state index contributed by atoms with van der Waals surface area (Å²) in [7, 11) is 0. The number of amides is 3. The molecule has 2 fully saturated rings. The van der Waals surface area contributed by atoms with Crippen LogP contribution in [-0.2, 0) is 14.4 Å². The molecule has 0 spiro atoms. The highest BCUT2D eigenvalue weighted by Crippen LogP contribution is 2.16. The normalized spacial score (nSPS) is 23.6. The van der Waals surface area contributed by atoms with Crippen LogP contribution in [0.5, 0.6) is 0 Å². The van der Waals surface area contributed by atoms with Crippen LogP contribution < -0.4 is 0 Å². The zero-order valence-electron chi connectivity index (χ0n) is 12.1. The highest BCUT2D eigenvalue weighted by molar-refractivity contribution is 5.97. The predicted molar refractivity (Wildman–Crippen MR) is 73.8 cm³/mol. The molecule has 2 aliphatic heterocycles. The lowest BCUT2D eigenvalue weighted by molar-refractivity contribution is -0.143. The van der Waals surface area contributed by atoms with E-state index in [-0.39, 0.29) is 18.2 Å². The van der Waals surface area contributed by atoms with Gasteiger partial charge in [-0.1, -0.05) is 6.92 Å². The van der Waals surface area contributed by atoms with E-state index in [0.717, 1.165) is 32.3 Å². The van der Waals surface area contributed by atoms with E-state index >= 15 is 0 Å². The topological polar surface area (TPSA) is 60.9 Å². The molecule has 1 unspecified atom stereocenters. The van der Waals surface area contributed by atoms with Crippen LogP contribution in [0.1, 0.15) is 26.2 Å². The molecule has 0 aromatic heterocycles. The molecule has 20 heavy (non-hydrogen) atoms. The third kappa shape index (κ3) is 3.71. The second-order valence-electron chi connectivity index (χ2n) is 5.79. The van der Waals surface area contributed by atoms with Gasteiger partial charge >= 0.3 is 0 Å². The molecule has 1 atom stereocenters. The van der Waals surface area contributed by atoms with Gasteiger partial charge in [0, 0.05) is 39.3 Å². The van der Waals surface area contributed by atoms with Gasteiger partial charge in [0.15, 0.2) is 0 Å². The van der Waals surface area contributed by atoms with Crippen LogP contribution in [0, 0.1) is 5.92 Å². The van der Waals surface area contributed by atoms with E-state index in [0.29, 0.717) is 32.1 Å². The summed E-state index contributed by atoms with van der Waals surface area (Å²) in [5, 5.41) is 0. The van der Waals surface area contributed by atoms with E-state index < -0.39 is 0 Å². The average Bonchev–Trinajstić information content (AvgIpc) is 2.47. The Labute approximate surface area is 119 Å². The van der Waals surface area contributed by atoms with Crippen molar-refractivity contribution in [2.24, 2.45) is 5.92 Å². The van der Waals surface area contributed by atoms with Gasteiger partial charge in [-0.3, -0.25) is 14.4 Å². The van der Waals surface area contributed by atoms with E-state index in [4.69, 9.17) is 0 Å². The number of rotatable bonds is 3. The minimum atomic E-state index is -0.112. The van der Waals surface area contributed by atoms with Crippen molar-refractivity contribution in [2.45, 2.75) is 26.2 Å². The first-order valence-corrected chi connectivity index (χ1v) is 7.35. The molecule has 2 aliphatic rings. The van der Waals surface area contributed by atoms with Crippen LogP contribution in [0.3, 0.4) is 0 Å². The summed E-state index contributed by atoms with van der Waals surface area (Å²) in [6.45, 7) is 5.86. The fraction of sp³-hybridized carbons (Fsp3) is 0.786. The van der Waals surface area contributed by atoms with Crippen molar-refractivity contribution in [3.05, 3.63) is 0 Å². The molecule has 2 heterocycles. The summed E-state index contributed by atoms with van der Waals surface area (Å²) in [5.74, 6) is 0.358. The molecule has 6 heteroatoms. The third-order valence-corrected chi connectivity index (χ3v) is 4.13. The van der Waals surface area contributed by atoms with Crippen molar-refractivity contribution in [3.63, 3.8) is 0 Å². The van der Waals surface area contributed by atoms with Crippen LogP contribution in [0.4, 0.5) is 0 Å². The number of piperidine rings is 1. The van der Waals surface area contributed by atoms with Crippen molar-refractivity contribution < 1.29 is 14.4 Å². The molecule has 6 nitrogen and oxygen atoms in total. The fourth-order valence-electron chi connectivity index (χ4n) is 2.85. The summed E-state index contributed by atoms with van der Waals surface area (Å²) in [5.41, 5.74) is 0. The van der Waals surface area contributed by atoms with E-state index in [1.165, 1.54) is 0 Å². The van der Waals surface area contributed by atoms with Crippen LogP contribution in [-0.4, -0.2) is 72.2 Å². The summed E-state index contributed by atoms with van der Waals surface area (Å²) >= 11 is 0. The van der Waals surface area contributed by atoms with Crippen molar-refractivity contribution in [3.8, 4) is 0 Å². The first kappa shape index (κ1) is 14.8. The number of carbonyl (C=O) groups is 3. The van der Waals surface area contributed by atoms with Crippen molar-refractivity contribution in [2.75, 3.05) is 39.3 Å². The minimum absolute atomic E-state index is 0.0339. The standard InChI is InChI=1S/C14H23N3O3/c1-12-3-2-4-17(10-12)14(20)9-13(19)16-7-5-15(11-18)6-8-16/h11-12H,2-10H2,1H3. The maximum atomic E-state index is 12.1. The molecule has 3 amide bonds. The number of carbonyl (C=O) groups excluding carboxylic acids is 3. The molecular formula is C14H23N3O3. The van der Waals surface area contributed by atoms with Crippen LogP contribution in [0.25, 0.3) is 0 Å². The first-order valence-electron chi connectivity index (χ1n) is 7.35. The second-order valence-corrected chi connectivity index (χ2v) is 5.79. The van der Waals surface area contributed by atoms with E-state index in [1.807, 2.05) is 4.90 Å². The highest BCUT2D eigenvalue weighted by atomic mass is 16.2. The quantitative estimate of drug-likeness (QED) is 0.538. The Bertz CT molecular complexity index is 378. The Morgan fingerprint density at radius 1 is 1.05 bits per heavy atom. The number of hydrogen-bond acceptors (Lipinski definition) is 3. The van der Waals surface area contributed by atoms with Gasteiger partial charge in [0.05, 0.1) is 0 Å². The van der Waals surface area contributed by atoms with Gasteiger partial charge in [-0.05, 0) is 18.8 Å². The van der Waals surface area contributed by atoms with Gasteiger partial charge < -0.3 is 14.7 Å². The SMILES string of the molecule is CC1CCCN(C(=O)CC(=O)N2CCN(C=O)CC2)C1. The Balaban J connectivity index is 1.79. The lowest BCUT2D eigenvalue weighted by Crippen LogP contribution is -2.49. The molecule has 0 aliphatic carbocycles. The minimum Gasteiger partial charge on any atom is -0.342 e. The Morgan fingerprint density at radius 2 is 1.70 bits per heavy atom. The Kier molecular flexibility index (Phi) is 4.98. The Hall–Kier alpha value is -1.59. The van der Waals surface area contributed by atoms with Gasteiger partial charge in [-0.15, -0.1) is 0 Å². The maximum absolute atomic E-state index is 12.1. The highest BCUT2D eigenvalue weighted by Gasteiger charge is 2.26. The van der Waals surface area contributed by atoms with Gasteiger partial charge in [-0.2, -0.15) is 0 Å². The third-order valence-electron chi connectivity index (χ3n) is 4.13. The molecule has 2 rings (SSSR count). The molecule has 0 aromatic rings. The lowest BCUT2D eigenvalue weighted by atomic mass is 10.00. The molecule has 112 valence electrons. The zero-order valence-corrected chi connectivity index (χ0v) is 12.1. The lowest BCUT2D eigenvalue weighted by Gasteiger charge is -2.34. The molecule has 0 radical (unpaired) electrons. The number of likely N-dealkylation sites (tertiary alicyclic amines) is 1. The average molecular weight is 281 g/mol. The maximum Gasteiger partial charge on any atom is 0.232 e. The summed E-state index contributed by atoms with van der Waals surface area (Å²) in [6, 6.07) is 0. The van der Waals surface area contributed by atoms with Crippen LogP contribution >= 0.6 is 0 Å². The summed E-state index contributed by atoms with van der Waals surface area (Å²) < 4.78 is 0. The molecule has 0 N–H and O–H groups in total. The number of nitrogens with zero attached hydrogens (tertiary/aromatic N) is 3. The number of hydrogen-bond donors (Lipinski definition) is 0. The zero-order chi connectivity index (χ0) is 14.5. The monoisotopic (exact) mass is 281 g/mol. The molecule has 0 bridgehead atoms. The first-order chi connectivity index (χ1) is 9.60. The van der Waals surface area contributed by atoms with Crippen molar-refractivity contribution in [1.82, 2.24) is 14.7 Å². The van der Waals surface area contributed by atoms with Crippen LogP contribution in [0.15, 0.2) is 0 Å². The fourth-order valence-corrected chi connectivity index (χ4v) is 2.85. The van der Waals surface area contributed by atoms with Gasteiger partial charge in [0.1, 0.15) is 6.42 Å². The van der Waals surface area contributed by atoms with Gasteiger partial charge in [0.25, 0.3) is 0 Å². The van der Waals surface area contributed by atoms with E-state index in [1.54, 1.807) is 9.80 Å². The van der Waals surface area contributed by atoms with Gasteiger partial charge in [0.2, 0.25) is 18.2 Å². The van der Waals surface area contributed by atoms with E-state index in [9.17, 15) is 14.4 Å². The smallest absolute Gasteiger partial charge is 0.232 e. The largest absolute Gasteiger partial charge is 0.342 e. The second kappa shape index (κ2) is 6.72. The van der Waals surface area contributed by atoms with Crippen LogP contribution in [0.2, 0.25) is 0 Å².